The van der Waals surface area contributed by atoms with Crippen LogP contribution < -0.4 is 10.6 Å². The maximum Gasteiger partial charge on any atom is 0.328 e. The number of alkyl halides is 4. The Hall–Kier alpha value is -8.56. The van der Waals surface area contributed by atoms with Crippen molar-refractivity contribution in [2.75, 3.05) is 0 Å². The van der Waals surface area contributed by atoms with Crippen LogP contribution in [0.25, 0.3) is 78.8 Å². The van der Waals surface area contributed by atoms with Gasteiger partial charge in [0, 0.05) is 116 Å². The number of aliphatic carboxylic acids is 1. The molecule has 474 valence electrons. The molecule has 0 unspecified atom stereocenters. The van der Waals surface area contributed by atoms with E-state index >= 15 is 0 Å². The molecule has 0 radical (unpaired) electrons. The van der Waals surface area contributed by atoms with Crippen LogP contribution in [0, 0.1) is 0 Å². The summed E-state index contributed by atoms with van der Waals surface area (Å²) < 4.78 is 65.4. The first-order chi connectivity index (χ1) is 44.0. The fourth-order valence-electron chi connectivity index (χ4n) is 14.5. The van der Waals surface area contributed by atoms with E-state index in [9.17, 15) is 36.7 Å². The number of aryl methyl sites for hydroxylation is 4. The van der Waals surface area contributed by atoms with E-state index in [1.165, 1.54) is 6.92 Å². The zero-order valence-electron chi connectivity index (χ0n) is 51.6. The van der Waals surface area contributed by atoms with E-state index in [2.05, 4.69) is 52.5 Å². The number of nitrogens with zero attached hydrogens (tertiary/aromatic N) is 8. The molecule has 4 saturated carbocycles. The van der Waals surface area contributed by atoms with E-state index in [0.29, 0.717) is 42.6 Å². The minimum Gasteiger partial charge on any atom is -0.478 e. The quantitative estimate of drug-likeness (QED) is 0.0704. The van der Waals surface area contributed by atoms with Gasteiger partial charge in [0.05, 0.1) is 49.0 Å². The van der Waals surface area contributed by atoms with Gasteiger partial charge < -0.3 is 34.0 Å². The normalized spacial score (nSPS) is 17.9. The first-order valence-corrected chi connectivity index (χ1v) is 32.9. The number of carboxylic acid groups (broad SMARTS) is 1. The molecule has 0 bridgehead atoms. The molecule has 21 heteroatoms. The largest absolute Gasteiger partial charge is 0.478 e. The molecule has 0 saturated heterocycles. The first kappa shape index (κ1) is 62.3. The zero-order valence-corrected chi connectivity index (χ0v) is 54.0. The van der Waals surface area contributed by atoms with Crippen LogP contribution in [0.1, 0.15) is 163 Å². The lowest BCUT2D eigenvalue weighted by molar-refractivity contribution is -0.131. The minimum absolute atomic E-state index is 0.0202. The van der Waals surface area contributed by atoms with Crippen LogP contribution in [0.3, 0.4) is 0 Å². The highest BCUT2D eigenvalue weighted by Gasteiger charge is 2.46. The molecule has 15 nitrogen and oxygen atoms in total. The summed E-state index contributed by atoms with van der Waals surface area (Å²) in [4.78, 5) is 69.3. The fourth-order valence-corrected chi connectivity index (χ4v) is 15.3. The van der Waals surface area contributed by atoms with Crippen molar-refractivity contribution in [2.45, 2.75) is 132 Å². The second-order valence-corrected chi connectivity index (χ2v) is 27.2. The van der Waals surface area contributed by atoms with Gasteiger partial charge in [0.25, 0.3) is 11.8 Å². The topological polar surface area (TPSA) is 184 Å². The molecule has 10 aromatic rings. The highest BCUT2D eigenvalue weighted by Crippen LogP contribution is 2.50. The number of amides is 2. The number of aromatic nitrogens is 8. The summed E-state index contributed by atoms with van der Waals surface area (Å²) in [5.74, 6) is -4.64. The van der Waals surface area contributed by atoms with Gasteiger partial charge in [-0.2, -0.15) is 11.3 Å². The van der Waals surface area contributed by atoms with Gasteiger partial charge in [-0.05, 0) is 193 Å². The van der Waals surface area contributed by atoms with Crippen LogP contribution in [0.5, 0.6) is 0 Å². The highest BCUT2D eigenvalue weighted by atomic mass is 79.9. The summed E-state index contributed by atoms with van der Waals surface area (Å²) >= 11 is 5.01. The number of fused-ring (bicyclic) bond motifs is 4. The number of hydrogen-bond donors (Lipinski definition) is 3. The van der Waals surface area contributed by atoms with Gasteiger partial charge in [-0.15, -0.1) is 0 Å². The Labute approximate surface area is 540 Å². The third-order valence-corrected chi connectivity index (χ3v) is 20.7. The number of carboxylic acids is 1. The third-order valence-electron chi connectivity index (χ3n) is 19.6. The van der Waals surface area contributed by atoms with Crippen molar-refractivity contribution in [1.82, 2.24) is 48.8 Å². The molecular weight excluding hydrogens is 1260 g/mol. The molecule has 6 heterocycles. The SMILES string of the molecule is CC(=O)/C=C/c1ccc2nc(C3(NC(=O)c4ccc5c(C6CCC(F)(F)CC6)c(-c6ncc(Br)cn6)n(C)c5c4)CCC3)n(C)c2c1.Cn1c(C2(NC(=O)c3ccc4c(C5CCC(F)(F)CC5)c(-c5ccsc5)n(C)c4c3)CCC2)nc2ccc(/C=C/C(=O)O)cc21. The van der Waals surface area contributed by atoms with Crippen LogP contribution >= 0.6 is 27.3 Å². The molecule has 4 aliphatic rings. The lowest BCUT2D eigenvalue weighted by Crippen LogP contribution is -2.52. The van der Waals surface area contributed by atoms with Crippen molar-refractivity contribution in [3.05, 3.63) is 164 Å². The average Bonchev–Trinajstić information content (AvgIpc) is 1.58. The van der Waals surface area contributed by atoms with E-state index in [-0.39, 0.29) is 55.1 Å². The molecule has 4 aromatic carbocycles. The Bertz CT molecular complexity index is 4630. The van der Waals surface area contributed by atoms with Gasteiger partial charge in [0.15, 0.2) is 11.6 Å². The summed E-state index contributed by atoms with van der Waals surface area (Å²) in [7, 11) is 7.79. The van der Waals surface area contributed by atoms with E-state index in [1.54, 1.807) is 42.0 Å². The second kappa shape index (κ2) is 24.2. The number of rotatable bonds is 14. The van der Waals surface area contributed by atoms with E-state index in [4.69, 9.17) is 15.1 Å². The van der Waals surface area contributed by atoms with Crippen LogP contribution in [0.15, 0.2) is 119 Å². The minimum atomic E-state index is -2.65. The monoisotopic (exact) mass is 1330 g/mol. The number of ketones is 1. The number of carbonyl (C=O) groups is 4. The Morgan fingerprint density at radius 1 is 0.587 bits per heavy atom. The van der Waals surface area contributed by atoms with Crippen LogP contribution in [-0.2, 0) is 48.9 Å². The van der Waals surface area contributed by atoms with Gasteiger partial charge in [0.2, 0.25) is 11.8 Å². The number of nitrogens with one attached hydrogen (secondary N) is 2. The summed E-state index contributed by atoms with van der Waals surface area (Å²) in [5, 5.41) is 21.7. The molecule has 4 fully saturated rings. The summed E-state index contributed by atoms with van der Waals surface area (Å²) in [6.45, 7) is 1.52. The third kappa shape index (κ3) is 11.7. The highest BCUT2D eigenvalue weighted by molar-refractivity contribution is 9.10. The number of hydrogen-bond acceptors (Lipinski definition) is 9. The zero-order chi connectivity index (χ0) is 64.6. The lowest BCUT2D eigenvalue weighted by atomic mass is 9.75. The van der Waals surface area contributed by atoms with Crippen LogP contribution in [0.4, 0.5) is 17.6 Å². The number of benzene rings is 4. The molecule has 2 amide bonds. The molecule has 14 rings (SSSR count). The lowest BCUT2D eigenvalue weighted by Gasteiger charge is -2.41. The summed E-state index contributed by atoms with van der Waals surface area (Å²) in [5.41, 5.74) is 11.5. The van der Waals surface area contributed by atoms with Crippen LogP contribution in [0.2, 0.25) is 0 Å². The summed E-state index contributed by atoms with van der Waals surface area (Å²) in [6, 6.07) is 24.9. The standard InChI is InChI=1S/C36H35BrF2N6O2.C35H34F2N4O3S/c1-21(46)5-6-22-7-10-27-29(17-22)45(3)34(42-27)35(13-4-14-35)43-33(47)24-8-9-26-28(18-24)44(2)31(32-40-19-25(37)20-41-32)30(26)23-11-15-36(38,39)16-12-23;1-40-27-19-23(6-7-25(27)30(31(40)24-12-17-45-20-24)22-10-15-35(36,37)16-11-22)32(44)39-34(13-3-14-34)33-38-26-8-4-21(5-9-29(42)43)18-28(26)41(33)2/h5-10,17-20,23H,4,11-16H2,1-3H3,(H,43,47);4-9,12,17-20,22H,3,10-11,13-16H2,1-2H3,(H,39,44)(H,42,43)/b6-5+;9-5+. The number of allylic oxidation sites excluding steroid dienone is 1. The van der Waals surface area contributed by atoms with E-state index < -0.39 is 28.9 Å². The van der Waals surface area contributed by atoms with Gasteiger partial charge in [-0.25, -0.2) is 42.3 Å². The summed E-state index contributed by atoms with van der Waals surface area (Å²) in [6.07, 6.45) is 15.4. The number of halogens is 5. The van der Waals surface area contributed by atoms with E-state index in [1.807, 2.05) is 120 Å². The molecular formula is C71H69BrF4N10O5S. The number of carbonyl (C=O) groups excluding carboxylic acids is 3. The smallest absolute Gasteiger partial charge is 0.328 e. The van der Waals surface area contributed by atoms with Crippen molar-refractivity contribution in [1.29, 1.82) is 0 Å². The Balaban J connectivity index is 0.000000168. The predicted octanol–water partition coefficient (Wildman–Crippen LogP) is 16.0. The Kier molecular flexibility index (Phi) is 16.3. The molecule has 92 heavy (non-hydrogen) atoms. The Morgan fingerprint density at radius 2 is 1.04 bits per heavy atom. The van der Waals surface area contributed by atoms with Crippen molar-refractivity contribution < 1.29 is 41.8 Å². The van der Waals surface area contributed by atoms with E-state index in [0.717, 1.165) is 144 Å². The number of thiophene rings is 1. The van der Waals surface area contributed by atoms with Gasteiger partial charge >= 0.3 is 5.97 Å². The Morgan fingerprint density at radius 3 is 1.47 bits per heavy atom. The first-order valence-electron chi connectivity index (χ1n) is 31.2. The number of imidazole rings is 2. The average molecular weight is 1330 g/mol. The van der Waals surface area contributed by atoms with Crippen molar-refractivity contribution in [2.24, 2.45) is 28.2 Å². The molecule has 0 spiro atoms. The van der Waals surface area contributed by atoms with Gasteiger partial charge in [-0.1, -0.05) is 30.3 Å². The van der Waals surface area contributed by atoms with Crippen molar-refractivity contribution in [3.8, 4) is 22.8 Å². The molecule has 4 aliphatic carbocycles. The predicted molar refractivity (Wildman–Crippen MR) is 354 cm³/mol. The molecule has 3 N–H and O–H groups in total. The molecule has 0 atom stereocenters. The fraction of sp³-hybridized carbons (Fsp3) is 0.352. The van der Waals surface area contributed by atoms with Crippen LogP contribution in [-0.4, -0.2) is 78.7 Å². The van der Waals surface area contributed by atoms with Crippen molar-refractivity contribution >= 4 is 107 Å². The maximum absolute atomic E-state index is 14.2. The maximum atomic E-state index is 14.2. The second-order valence-electron chi connectivity index (χ2n) is 25.5. The van der Waals surface area contributed by atoms with Gasteiger partial charge in [-0.3, -0.25) is 14.4 Å². The molecule has 0 aliphatic heterocycles. The molecule has 6 aromatic heterocycles. The van der Waals surface area contributed by atoms with Gasteiger partial charge in [0.1, 0.15) is 11.6 Å². The van der Waals surface area contributed by atoms with Crippen molar-refractivity contribution in [3.63, 3.8) is 0 Å².